The van der Waals surface area contributed by atoms with Crippen molar-refractivity contribution in [2.24, 2.45) is 0 Å². The molecule has 1 amide bonds. The molecule has 0 saturated carbocycles. The van der Waals surface area contributed by atoms with Crippen LogP contribution in [0.25, 0.3) is 0 Å². The quantitative estimate of drug-likeness (QED) is 0.852. The van der Waals surface area contributed by atoms with Gasteiger partial charge in [-0.15, -0.1) is 11.6 Å². The molecule has 4 heteroatoms. The van der Waals surface area contributed by atoms with Crippen molar-refractivity contribution in [2.45, 2.75) is 18.3 Å². The Hall–Kier alpha value is -2.00. The second-order valence-electron chi connectivity index (χ2n) is 4.75. The molecule has 2 rings (SSSR count). The number of hydrogen-bond acceptors (Lipinski definition) is 2. The van der Waals surface area contributed by atoms with Crippen molar-refractivity contribution in [3.8, 4) is 5.75 Å². The summed E-state index contributed by atoms with van der Waals surface area (Å²) in [6.45, 7) is 1.91. The summed E-state index contributed by atoms with van der Waals surface area (Å²) in [6, 6.07) is 16.7. The van der Waals surface area contributed by atoms with E-state index in [1.54, 1.807) is 7.11 Å². The van der Waals surface area contributed by atoms with Crippen LogP contribution in [0.2, 0.25) is 0 Å². The number of alkyl halides is 1. The molecule has 2 aromatic carbocycles. The van der Waals surface area contributed by atoms with Gasteiger partial charge in [0.1, 0.15) is 11.1 Å². The van der Waals surface area contributed by atoms with Crippen molar-refractivity contribution in [1.82, 2.24) is 5.32 Å². The highest BCUT2D eigenvalue weighted by Crippen LogP contribution is 2.26. The molecule has 0 radical (unpaired) electrons. The van der Waals surface area contributed by atoms with Crippen LogP contribution in [-0.4, -0.2) is 13.0 Å². The first-order chi connectivity index (χ1) is 10.1. The van der Waals surface area contributed by atoms with Crippen LogP contribution >= 0.6 is 11.6 Å². The maximum atomic E-state index is 12.2. The first-order valence-electron chi connectivity index (χ1n) is 6.75. The zero-order valence-corrected chi connectivity index (χ0v) is 12.8. The van der Waals surface area contributed by atoms with E-state index < -0.39 is 5.38 Å². The number of para-hydroxylation sites is 1. The predicted molar refractivity (Wildman–Crippen MR) is 84.6 cm³/mol. The Morgan fingerprint density at radius 2 is 1.71 bits per heavy atom. The summed E-state index contributed by atoms with van der Waals surface area (Å²) in [7, 11) is 1.61. The molecule has 0 saturated heterocycles. The molecule has 2 atom stereocenters. The van der Waals surface area contributed by atoms with E-state index in [0.29, 0.717) is 0 Å². The van der Waals surface area contributed by atoms with Crippen LogP contribution < -0.4 is 10.1 Å². The molecule has 0 aromatic heterocycles. The number of carbonyl (C=O) groups is 1. The van der Waals surface area contributed by atoms with Gasteiger partial charge in [0, 0.05) is 5.56 Å². The van der Waals surface area contributed by atoms with Crippen LogP contribution in [0, 0.1) is 0 Å². The zero-order chi connectivity index (χ0) is 15.2. The summed E-state index contributed by atoms with van der Waals surface area (Å²) >= 11 is 6.22. The van der Waals surface area contributed by atoms with Crippen molar-refractivity contribution in [1.29, 1.82) is 0 Å². The van der Waals surface area contributed by atoms with Crippen LogP contribution in [0.1, 0.15) is 29.5 Å². The van der Waals surface area contributed by atoms with Gasteiger partial charge in [-0.3, -0.25) is 4.79 Å². The van der Waals surface area contributed by atoms with Gasteiger partial charge in [-0.05, 0) is 18.6 Å². The van der Waals surface area contributed by atoms with E-state index in [1.807, 2.05) is 61.5 Å². The predicted octanol–water partition coefficient (Wildman–Crippen LogP) is 3.85. The zero-order valence-electron chi connectivity index (χ0n) is 12.0. The Bertz CT molecular complexity index is 601. The second-order valence-corrected chi connectivity index (χ2v) is 5.18. The van der Waals surface area contributed by atoms with Gasteiger partial charge in [0.25, 0.3) is 0 Å². The molecule has 110 valence electrons. The molecule has 0 aliphatic heterocycles. The second kappa shape index (κ2) is 7.14. The topological polar surface area (TPSA) is 38.3 Å². The molecular formula is C17H18ClNO2. The Morgan fingerprint density at radius 1 is 1.10 bits per heavy atom. The van der Waals surface area contributed by atoms with Crippen molar-refractivity contribution in [2.75, 3.05) is 7.11 Å². The summed E-state index contributed by atoms with van der Waals surface area (Å²) in [5.41, 5.74) is 1.70. The van der Waals surface area contributed by atoms with Gasteiger partial charge in [0.15, 0.2) is 0 Å². The minimum atomic E-state index is -0.705. The number of carbonyl (C=O) groups excluding carboxylic acids is 1. The fourth-order valence-corrected chi connectivity index (χ4v) is 2.37. The van der Waals surface area contributed by atoms with Crippen LogP contribution in [0.5, 0.6) is 5.75 Å². The normalized spacial score (nSPS) is 13.3. The lowest BCUT2D eigenvalue weighted by atomic mass is 10.1. The molecular weight excluding hydrogens is 286 g/mol. The van der Waals surface area contributed by atoms with E-state index in [9.17, 15) is 4.79 Å². The highest BCUT2D eigenvalue weighted by molar-refractivity contribution is 6.30. The Morgan fingerprint density at radius 3 is 2.38 bits per heavy atom. The van der Waals surface area contributed by atoms with Gasteiger partial charge < -0.3 is 10.1 Å². The SMILES string of the molecule is COc1ccccc1[C@H](C)NC(=O)C(Cl)c1ccccc1. The van der Waals surface area contributed by atoms with E-state index in [-0.39, 0.29) is 11.9 Å². The molecule has 0 spiro atoms. The molecule has 1 N–H and O–H groups in total. The van der Waals surface area contributed by atoms with Crippen LogP contribution in [0.4, 0.5) is 0 Å². The maximum absolute atomic E-state index is 12.2. The monoisotopic (exact) mass is 303 g/mol. The number of benzene rings is 2. The lowest BCUT2D eigenvalue weighted by Crippen LogP contribution is -2.29. The lowest BCUT2D eigenvalue weighted by molar-refractivity contribution is -0.121. The molecule has 0 aliphatic rings. The first kappa shape index (κ1) is 15.4. The molecule has 3 nitrogen and oxygen atoms in total. The van der Waals surface area contributed by atoms with Crippen molar-refractivity contribution >= 4 is 17.5 Å². The van der Waals surface area contributed by atoms with E-state index in [2.05, 4.69) is 5.32 Å². The number of ether oxygens (including phenoxy) is 1. The fourth-order valence-electron chi connectivity index (χ4n) is 2.16. The van der Waals surface area contributed by atoms with E-state index in [4.69, 9.17) is 16.3 Å². The van der Waals surface area contributed by atoms with Crippen LogP contribution in [0.3, 0.4) is 0 Å². The number of halogens is 1. The van der Waals surface area contributed by atoms with Crippen LogP contribution in [0.15, 0.2) is 54.6 Å². The highest BCUT2D eigenvalue weighted by atomic mass is 35.5. The minimum absolute atomic E-state index is 0.182. The summed E-state index contributed by atoms with van der Waals surface area (Å²) in [5, 5.41) is 2.21. The summed E-state index contributed by atoms with van der Waals surface area (Å²) in [6.07, 6.45) is 0. The third-order valence-electron chi connectivity index (χ3n) is 3.29. The Kier molecular flexibility index (Phi) is 5.23. The molecule has 0 heterocycles. The molecule has 21 heavy (non-hydrogen) atoms. The molecule has 0 fully saturated rings. The van der Waals surface area contributed by atoms with Gasteiger partial charge >= 0.3 is 0 Å². The average molecular weight is 304 g/mol. The van der Waals surface area contributed by atoms with Crippen molar-refractivity contribution in [3.63, 3.8) is 0 Å². The maximum Gasteiger partial charge on any atom is 0.243 e. The Balaban J connectivity index is 2.09. The van der Waals surface area contributed by atoms with Gasteiger partial charge in [0.2, 0.25) is 5.91 Å². The van der Waals surface area contributed by atoms with Crippen LogP contribution in [-0.2, 0) is 4.79 Å². The smallest absolute Gasteiger partial charge is 0.243 e. The number of amides is 1. The van der Waals surface area contributed by atoms with Gasteiger partial charge in [-0.2, -0.15) is 0 Å². The average Bonchev–Trinajstić information content (AvgIpc) is 2.54. The van der Waals surface area contributed by atoms with E-state index >= 15 is 0 Å². The number of hydrogen-bond donors (Lipinski definition) is 1. The third kappa shape index (κ3) is 3.76. The minimum Gasteiger partial charge on any atom is -0.496 e. The van der Waals surface area contributed by atoms with Gasteiger partial charge in [-0.1, -0.05) is 48.5 Å². The van der Waals surface area contributed by atoms with Gasteiger partial charge in [-0.25, -0.2) is 0 Å². The third-order valence-corrected chi connectivity index (χ3v) is 3.74. The Labute approximate surface area is 129 Å². The molecule has 2 aromatic rings. The van der Waals surface area contributed by atoms with Crippen molar-refractivity contribution in [3.05, 3.63) is 65.7 Å². The largest absolute Gasteiger partial charge is 0.496 e. The number of nitrogens with one attached hydrogen (secondary N) is 1. The first-order valence-corrected chi connectivity index (χ1v) is 7.19. The lowest BCUT2D eigenvalue weighted by Gasteiger charge is -2.19. The number of methoxy groups -OCH3 is 1. The van der Waals surface area contributed by atoms with Gasteiger partial charge in [0.05, 0.1) is 13.2 Å². The van der Waals surface area contributed by atoms with E-state index in [0.717, 1.165) is 16.9 Å². The fraction of sp³-hybridized carbons (Fsp3) is 0.235. The highest BCUT2D eigenvalue weighted by Gasteiger charge is 2.20. The van der Waals surface area contributed by atoms with Crippen molar-refractivity contribution < 1.29 is 9.53 Å². The standard InChI is InChI=1S/C17H18ClNO2/c1-12(14-10-6-7-11-15(14)21-2)19-17(20)16(18)13-8-4-3-5-9-13/h3-12,16H,1-2H3,(H,19,20)/t12-,16?/m0/s1. The van der Waals surface area contributed by atoms with E-state index in [1.165, 1.54) is 0 Å². The summed E-state index contributed by atoms with van der Waals surface area (Å²) in [4.78, 5) is 12.2. The molecule has 1 unspecified atom stereocenters. The summed E-state index contributed by atoms with van der Waals surface area (Å²) < 4.78 is 5.31. The number of rotatable bonds is 5. The molecule has 0 bridgehead atoms. The summed E-state index contributed by atoms with van der Waals surface area (Å²) in [5.74, 6) is 0.525. The molecule has 0 aliphatic carbocycles.